The molecule has 0 atom stereocenters. The van der Waals surface area contributed by atoms with Crippen molar-refractivity contribution < 1.29 is 17.2 Å². The Balaban J connectivity index is 2.38. The average molecular weight is 319 g/mol. The van der Waals surface area contributed by atoms with E-state index in [9.17, 15) is 17.2 Å². The summed E-state index contributed by atoms with van der Waals surface area (Å²) < 4.78 is 52.4. The fraction of sp³-hybridized carbons (Fsp3) is 0. The van der Waals surface area contributed by atoms with Crippen molar-refractivity contribution in [2.75, 3.05) is 10.5 Å². The second-order valence-electron chi connectivity index (χ2n) is 3.92. The molecule has 0 unspecified atom stereocenters. The maximum Gasteiger partial charge on any atom is 0.264 e. The van der Waals surface area contributed by atoms with E-state index in [4.69, 9.17) is 17.3 Å². The van der Waals surface area contributed by atoms with Crippen molar-refractivity contribution in [1.29, 1.82) is 0 Å². The molecular weight excluding hydrogens is 310 g/mol. The molecule has 0 spiro atoms. The van der Waals surface area contributed by atoms with Crippen LogP contribution in [0.3, 0.4) is 0 Å². The molecule has 0 saturated carbocycles. The molecule has 0 bridgehead atoms. The molecule has 2 rings (SSSR count). The van der Waals surface area contributed by atoms with Gasteiger partial charge in [-0.1, -0.05) is 11.6 Å². The molecule has 0 heterocycles. The van der Waals surface area contributed by atoms with Crippen LogP contribution >= 0.6 is 11.6 Å². The highest BCUT2D eigenvalue weighted by Gasteiger charge is 2.19. The second kappa shape index (κ2) is 5.26. The van der Waals surface area contributed by atoms with Crippen LogP contribution < -0.4 is 10.5 Å². The average Bonchev–Trinajstić information content (AvgIpc) is 2.33. The Morgan fingerprint density at radius 1 is 1.10 bits per heavy atom. The predicted molar refractivity (Wildman–Crippen MR) is 73.0 cm³/mol. The van der Waals surface area contributed by atoms with Gasteiger partial charge in [0.05, 0.1) is 16.4 Å². The normalized spacial score (nSPS) is 11.3. The van der Waals surface area contributed by atoms with Gasteiger partial charge in [-0.05, 0) is 30.3 Å². The van der Waals surface area contributed by atoms with E-state index >= 15 is 0 Å². The zero-order valence-corrected chi connectivity index (χ0v) is 11.5. The molecule has 20 heavy (non-hydrogen) atoms. The lowest BCUT2D eigenvalue weighted by Crippen LogP contribution is -2.14. The van der Waals surface area contributed by atoms with Crippen LogP contribution in [0, 0.1) is 11.6 Å². The largest absolute Gasteiger partial charge is 0.398 e. The van der Waals surface area contributed by atoms with E-state index in [2.05, 4.69) is 4.72 Å². The molecule has 3 N–H and O–H groups in total. The smallest absolute Gasteiger partial charge is 0.264 e. The maximum absolute atomic E-state index is 13.5. The first kappa shape index (κ1) is 14.5. The fourth-order valence-electron chi connectivity index (χ4n) is 1.49. The van der Waals surface area contributed by atoms with Crippen LogP contribution in [0.2, 0.25) is 5.02 Å². The first-order chi connectivity index (χ1) is 9.29. The molecule has 2 aromatic carbocycles. The Morgan fingerprint density at radius 2 is 1.80 bits per heavy atom. The number of hydrogen-bond acceptors (Lipinski definition) is 3. The lowest BCUT2D eigenvalue weighted by Gasteiger charge is -2.09. The van der Waals surface area contributed by atoms with E-state index in [0.29, 0.717) is 6.07 Å². The summed E-state index contributed by atoms with van der Waals surface area (Å²) in [6.07, 6.45) is 0. The quantitative estimate of drug-likeness (QED) is 0.854. The number of nitrogens with two attached hydrogens (primary N) is 1. The monoisotopic (exact) mass is 318 g/mol. The van der Waals surface area contributed by atoms with Crippen LogP contribution in [-0.4, -0.2) is 8.42 Å². The number of rotatable bonds is 3. The fourth-order valence-corrected chi connectivity index (χ4v) is 2.78. The van der Waals surface area contributed by atoms with Crippen molar-refractivity contribution in [2.24, 2.45) is 0 Å². The van der Waals surface area contributed by atoms with Crippen molar-refractivity contribution in [1.82, 2.24) is 0 Å². The highest BCUT2D eigenvalue weighted by Crippen LogP contribution is 2.25. The highest BCUT2D eigenvalue weighted by molar-refractivity contribution is 7.92. The maximum atomic E-state index is 13.5. The number of hydrogen-bond donors (Lipinski definition) is 2. The van der Waals surface area contributed by atoms with Gasteiger partial charge in [-0.15, -0.1) is 0 Å². The zero-order chi connectivity index (χ0) is 14.9. The van der Waals surface area contributed by atoms with E-state index in [0.717, 1.165) is 12.1 Å². The number of sulfonamides is 1. The van der Waals surface area contributed by atoms with E-state index in [1.807, 2.05) is 0 Å². The van der Waals surface area contributed by atoms with Gasteiger partial charge >= 0.3 is 0 Å². The summed E-state index contributed by atoms with van der Waals surface area (Å²) in [6, 6.07) is 6.25. The van der Waals surface area contributed by atoms with Crippen LogP contribution in [0.5, 0.6) is 0 Å². The minimum atomic E-state index is -4.18. The van der Waals surface area contributed by atoms with Crippen LogP contribution in [0.4, 0.5) is 20.2 Å². The molecule has 0 aliphatic rings. The molecule has 106 valence electrons. The Labute approximate surface area is 119 Å². The van der Waals surface area contributed by atoms with Gasteiger partial charge in [0, 0.05) is 6.07 Å². The lowest BCUT2D eigenvalue weighted by molar-refractivity contribution is 0.551. The Hall–Kier alpha value is -1.86. The van der Waals surface area contributed by atoms with E-state index in [1.54, 1.807) is 0 Å². The summed E-state index contributed by atoms with van der Waals surface area (Å²) in [4.78, 5) is -0.660. The van der Waals surface area contributed by atoms with Crippen LogP contribution in [0.25, 0.3) is 0 Å². The minimum Gasteiger partial charge on any atom is -0.398 e. The van der Waals surface area contributed by atoms with Gasteiger partial charge in [0.1, 0.15) is 16.5 Å². The van der Waals surface area contributed by atoms with Crippen molar-refractivity contribution in [2.45, 2.75) is 4.90 Å². The van der Waals surface area contributed by atoms with Crippen LogP contribution in [-0.2, 0) is 10.0 Å². The van der Waals surface area contributed by atoms with Gasteiger partial charge < -0.3 is 5.73 Å². The summed E-state index contributed by atoms with van der Waals surface area (Å²) in [5.74, 6) is -2.05. The number of benzene rings is 2. The molecule has 0 saturated heterocycles. The van der Waals surface area contributed by atoms with Gasteiger partial charge in [0.2, 0.25) is 0 Å². The molecule has 0 amide bonds. The molecular formula is C12H9ClF2N2O2S. The van der Waals surface area contributed by atoms with Crippen molar-refractivity contribution in [3.8, 4) is 0 Å². The first-order valence-corrected chi connectivity index (χ1v) is 7.18. The van der Waals surface area contributed by atoms with Gasteiger partial charge in [-0.3, -0.25) is 4.72 Å². The molecule has 8 heteroatoms. The SMILES string of the molecule is Nc1ccc(NS(=O)(=O)c2ccc(F)cc2F)cc1Cl. The third-order valence-corrected chi connectivity index (χ3v) is 4.18. The molecule has 0 aliphatic heterocycles. The number of nitrogens with one attached hydrogen (secondary N) is 1. The standard InChI is InChI=1S/C12H9ClF2N2O2S/c13-9-6-8(2-3-11(9)16)17-20(18,19)12-4-1-7(14)5-10(12)15/h1-6,17H,16H2. The van der Waals surface area contributed by atoms with Gasteiger partial charge in [0.15, 0.2) is 0 Å². The zero-order valence-electron chi connectivity index (χ0n) is 9.90. The topological polar surface area (TPSA) is 72.2 Å². The van der Waals surface area contributed by atoms with E-state index in [1.165, 1.54) is 18.2 Å². The summed E-state index contributed by atoms with van der Waals surface area (Å²) in [5.41, 5.74) is 5.89. The second-order valence-corrected chi connectivity index (χ2v) is 5.97. The van der Waals surface area contributed by atoms with Crippen molar-refractivity contribution in [3.63, 3.8) is 0 Å². The molecule has 0 aromatic heterocycles. The minimum absolute atomic E-state index is 0.118. The molecule has 0 fully saturated rings. The van der Waals surface area contributed by atoms with Crippen LogP contribution in [0.1, 0.15) is 0 Å². The van der Waals surface area contributed by atoms with Gasteiger partial charge in [-0.2, -0.15) is 0 Å². The summed E-state index contributed by atoms with van der Waals surface area (Å²) in [5, 5.41) is 0.157. The summed E-state index contributed by atoms with van der Waals surface area (Å²) in [6.45, 7) is 0. The Bertz CT molecular complexity index is 766. The Morgan fingerprint density at radius 3 is 2.40 bits per heavy atom. The van der Waals surface area contributed by atoms with Crippen LogP contribution in [0.15, 0.2) is 41.3 Å². The van der Waals surface area contributed by atoms with E-state index < -0.39 is 26.6 Å². The number of halogens is 3. The molecule has 0 radical (unpaired) electrons. The number of nitrogen functional groups attached to an aromatic ring is 1. The third kappa shape index (κ3) is 3.00. The summed E-state index contributed by atoms with van der Waals surface area (Å²) >= 11 is 5.76. The molecule has 4 nitrogen and oxygen atoms in total. The highest BCUT2D eigenvalue weighted by atomic mass is 35.5. The first-order valence-electron chi connectivity index (χ1n) is 5.32. The van der Waals surface area contributed by atoms with Crippen molar-refractivity contribution >= 4 is 33.0 Å². The van der Waals surface area contributed by atoms with Gasteiger partial charge in [0.25, 0.3) is 10.0 Å². The number of anilines is 2. The lowest BCUT2D eigenvalue weighted by atomic mass is 10.3. The van der Waals surface area contributed by atoms with Crippen molar-refractivity contribution in [3.05, 3.63) is 53.1 Å². The van der Waals surface area contributed by atoms with E-state index in [-0.39, 0.29) is 16.4 Å². The summed E-state index contributed by atoms with van der Waals surface area (Å²) in [7, 11) is -4.18. The molecule has 2 aromatic rings. The molecule has 0 aliphatic carbocycles. The Kier molecular flexibility index (Phi) is 3.82. The predicted octanol–water partition coefficient (Wildman–Crippen LogP) is 3.00. The van der Waals surface area contributed by atoms with Gasteiger partial charge in [-0.25, -0.2) is 17.2 Å². The third-order valence-electron chi connectivity index (χ3n) is 2.44.